The fourth-order valence-electron chi connectivity index (χ4n) is 1.86. The molecule has 0 aliphatic rings. The quantitative estimate of drug-likeness (QED) is 0.773. The Morgan fingerprint density at radius 3 is 2.35 bits per heavy atom. The van der Waals surface area contributed by atoms with Crippen molar-refractivity contribution in [2.45, 2.75) is 32.1 Å². The van der Waals surface area contributed by atoms with E-state index in [2.05, 4.69) is 0 Å². The first kappa shape index (κ1) is 17.3. The van der Waals surface area contributed by atoms with Crippen LogP contribution in [0.1, 0.15) is 36.2 Å². The van der Waals surface area contributed by atoms with Crippen LogP contribution in [-0.4, -0.2) is 32.3 Å². The molecule has 112 valence electrons. The third-order valence-corrected chi connectivity index (χ3v) is 4.72. The highest BCUT2D eigenvalue weighted by Crippen LogP contribution is 2.27. The molecule has 0 spiro atoms. The van der Waals surface area contributed by atoms with E-state index in [4.69, 9.17) is 22.3 Å². The topological polar surface area (TPSA) is 54.5 Å². The predicted molar refractivity (Wildman–Crippen MR) is 81.1 cm³/mol. The lowest BCUT2D eigenvalue weighted by molar-refractivity contribution is 0.0763. The van der Waals surface area contributed by atoms with Gasteiger partial charge in [-0.15, -0.1) is 0 Å². The maximum Gasteiger partial charge on any atom is 0.261 e. The Kier molecular flexibility index (Phi) is 5.86. The van der Waals surface area contributed by atoms with E-state index < -0.39 is 9.05 Å². The van der Waals surface area contributed by atoms with Crippen molar-refractivity contribution in [2.24, 2.45) is 0 Å². The molecule has 0 atom stereocenters. The number of amides is 1. The molecule has 1 amide bonds. The summed E-state index contributed by atoms with van der Waals surface area (Å²) in [5, 5.41) is 0.211. The summed E-state index contributed by atoms with van der Waals surface area (Å²) in [7, 11) is 1.40. The summed E-state index contributed by atoms with van der Waals surface area (Å²) in [5.74, 6) is -0.240. The van der Waals surface area contributed by atoms with Crippen LogP contribution in [0.3, 0.4) is 0 Å². The average molecular weight is 338 g/mol. The van der Waals surface area contributed by atoms with Crippen molar-refractivity contribution in [3.05, 3.63) is 28.3 Å². The van der Waals surface area contributed by atoms with E-state index >= 15 is 0 Å². The summed E-state index contributed by atoms with van der Waals surface area (Å²) in [5.41, 5.74) is 0.822. The second-order valence-corrected chi connectivity index (χ2v) is 7.37. The molecule has 0 fully saturated rings. The SMILES string of the molecule is CCCN(CC)C(=O)c1cc(S(=O)(=O)Cl)cc(Cl)c1C. The standard InChI is InChI=1S/C13H17Cl2NO3S/c1-4-6-16(5-2)13(17)11-7-10(20(15,18)19)8-12(14)9(11)3/h7-8H,4-6H2,1-3H3. The summed E-state index contributed by atoms with van der Waals surface area (Å²) < 4.78 is 22.8. The Bertz CT molecular complexity index is 614. The van der Waals surface area contributed by atoms with Gasteiger partial charge in [0.05, 0.1) is 4.90 Å². The molecule has 0 heterocycles. The van der Waals surface area contributed by atoms with Crippen molar-refractivity contribution in [3.8, 4) is 0 Å². The van der Waals surface area contributed by atoms with Crippen LogP contribution in [0.2, 0.25) is 5.02 Å². The number of carbonyl (C=O) groups excluding carboxylic acids is 1. The third-order valence-electron chi connectivity index (χ3n) is 2.99. The fourth-order valence-corrected chi connectivity index (χ4v) is 2.93. The predicted octanol–water partition coefficient (Wildman–Crippen LogP) is 3.45. The van der Waals surface area contributed by atoms with Crippen molar-refractivity contribution in [3.63, 3.8) is 0 Å². The van der Waals surface area contributed by atoms with Crippen molar-refractivity contribution >= 4 is 37.2 Å². The number of halogens is 2. The Morgan fingerprint density at radius 2 is 1.90 bits per heavy atom. The molecular weight excluding hydrogens is 321 g/mol. The number of carbonyl (C=O) groups is 1. The maximum absolute atomic E-state index is 12.4. The zero-order valence-corrected chi connectivity index (χ0v) is 13.9. The van der Waals surface area contributed by atoms with Gasteiger partial charge in [-0.1, -0.05) is 18.5 Å². The lowest BCUT2D eigenvalue weighted by Gasteiger charge is -2.21. The van der Waals surface area contributed by atoms with Crippen LogP contribution in [0, 0.1) is 6.92 Å². The first-order valence-corrected chi connectivity index (χ1v) is 8.95. The van der Waals surface area contributed by atoms with Gasteiger partial charge in [0.25, 0.3) is 15.0 Å². The minimum Gasteiger partial charge on any atom is -0.339 e. The van der Waals surface area contributed by atoms with E-state index in [-0.39, 0.29) is 21.4 Å². The fraction of sp³-hybridized carbons (Fsp3) is 0.462. The molecule has 0 aliphatic carbocycles. The molecule has 20 heavy (non-hydrogen) atoms. The molecule has 1 rings (SSSR count). The van der Waals surface area contributed by atoms with Gasteiger partial charge in [0.1, 0.15) is 0 Å². The largest absolute Gasteiger partial charge is 0.339 e. The number of hydrogen-bond donors (Lipinski definition) is 0. The molecule has 0 aliphatic heterocycles. The molecule has 0 saturated heterocycles. The first-order chi connectivity index (χ1) is 9.22. The van der Waals surface area contributed by atoms with Crippen LogP contribution >= 0.6 is 22.3 Å². The third kappa shape index (κ3) is 3.87. The molecule has 0 bridgehead atoms. The van der Waals surface area contributed by atoms with Crippen LogP contribution in [0.15, 0.2) is 17.0 Å². The van der Waals surface area contributed by atoms with Gasteiger partial charge in [-0.2, -0.15) is 0 Å². The Balaban J connectivity index is 3.37. The second kappa shape index (κ2) is 6.78. The Hall–Kier alpha value is -0.780. The molecule has 0 saturated carbocycles. The van der Waals surface area contributed by atoms with E-state index in [1.807, 2.05) is 13.8 Å². The van der Waals surface area contributed by atoms with Gasteiger partial charge in [-0.05, 0) is 38.0 Å². The van der Waals surface area contributed by atoms with Gasteiger partial charge in [-0.25, -0.2) is 8.42 Å². The minimum atomic E-state index is -3.93. The van der Waals surface area contributed by atoms with Gasteiger partial charge in [0.15, 0.2) is 0 Å². The van der Waals surface area contributed by atoms with Crippen LogP contribution in [0.25, 0.3) is 0 Å². The van der Waals surface area contributed by atoms with E-state index in [1.54, 1.807) is 11.8 Å². The summed E-state index contributed by atoms with van der Waals surface area (Å²) in [4.78, 5) is 13.9. The molecular formula is C13H17Cl2NO3S. The van der Waals surface area contributed by atoms with Gasteiger partial charge in [0, 0.05) is 34.4 Å². The van der Waals surface area contributed by atoms with Crippen LogP contribution in [0.4, 0.5) is 0 Å². The van der Waals surface area contributed by atoms with E-state index in [0.29, 0.717) is 18.7 Å². The number of rotatable bonds is 5. The highest BCUT2D eigenvalue weighted by atomic mass is 35.7. The highest BCUT2D eigenvalue weighted by molar-refractivity contribution is 8.13. The molecule has 0 radical (unpaired) electrons. The van der Waals surface area contributed by atoms with Crippen molar-refractivity contribution in [1.29, 1.82) is 0 Å². The van der Waals surface area contributed by atoms with E-state index in [0.717, 1.165) is 6.42 Å². The second-order valence-electron chi connectivity index (χ2n) is 4.40. The average Bonchev–Trinajstić information content (AvgIpc) is 2.37. The molecule has 1 aromatic rings. The molecule has 4 nitrogen and oxygen atoms in total. The minimum absolute atomic E-state index is 0.161. The van der Waals surface area contributed by atoms with Crippen LogP contribution in [0.5, 0.6) is 0 Å². The summed E-state index contributed by atoms with van der Waals surface area (Å²) >= 11 is 6.00. The molecule has 0 N–H and O–H groups in total. The summed E-state index contributed by atoms with van der Waals surface area (Å²) in [6, 6.07) is 2.54. The maximum atomic E-state index is 12.4. The Morgan fingerprint density at radius 1 is 1.30 bits per heavy atom. The van der Waals surface area contributed by atoms with Crippen LogP contribution < -0.4 is 0 Å². The van der Waals surface area contributed by atoms with E-state index in [1.165, 1.54) is 12.1 Å². The normalized spacial score (nSPS) is 11.4. The van der Waals surface area contributed by atoms with Crippen molar-refractivity contribution < 1.29 is 13.2 Å². The van der Waals surface area contributed by atoms with Gasteiger partial charge < -0.3 is 4.90 Å². The molecule has 0 unspecified atom stereocenters. The molecule has 0 aromatic heterocycles. The lowest BCUT2D eigenvalue weighted by atomic mass is 10.1. The van der Waals surface area contributed by atoms with Gasteiger partial charge in [0.2, 0.25) is 0 Å². The summed E-state index contributed by atoms with van der Waals surface area (Å²) in [6.45, 7) is 6.66. The van der Waals surface area contributed by atoms with E-state index in [9.17, 15) is 13.2 Å². The zero-order valence-electron chi connectivity index (χ0n) is 11.6. The molecule has 1 aromatic carbocycles. The van der Waals surface area contributed by atoms with Crippen LogP contribution in [-0.2, 0) is 9.05 Å². The van der Waals surface area contributed by atoms with Crippen molar-refractivity contribution in [1.82, 2.24) is 4.90 Å². The highest BCUT2D eigenvalue weighted by Gasteiger charge is 2.21. The van der Waals surface area contributed by atoms with Gasteiger partial charge >= 0.3 is 0 Å². The number of benzene rings is 1. The lowest BCUT2D eigenvalue weighted by Crippen LogP contribution is -2.32. The zero-order chi connectivity index (χ0) is 15.5. The smallest absolute Gasteiger partial charge is 0.261 e. The Labute approximate surface area is 129 Å². The summed E-state index contributed by atoms with van der Waals surface area (Å²) in [6.07, 6.45) is 0.819. The number of nitrogens with zero attached hydrogens (tertiary/aromatic N) is 1. The number of hydrogen-bond acceptors (Lipinski definition) is 3. The van der Waals surface area contributed by atoms with Crippen molar-refractivity contribution in [2.75, 3.05) is 13.1 Å². The first-order valence-electron chi connectivity index (χ1n) is 6.26. The monoisotopic (exact) mass is 337 g/mol. The molecule has 7 heteroatoms. The van der Waals surface area contributed by atoms with Gasteiger partial charge in [-0.3, -0.25) is 4.79 Å².